The number of hydrogen-bond acceptors (Lipinski definition) is 2. The summed E-state index contributed by atoms with van der Waals surface area (Å²) in [6.45, 7) is 1.75. The average molecular weight is 318 g/mol. The van der Waals surface area contributed by atoms with Crippen LogP contribution in [-0.2, 0) is 4.79 Å². The van der Waals surface area contributed by atoms with Crippen LogP contribution in [0.4, 0.5) is 4.39 Å². The highest BCUT2D eigenvalue weighted by Gasteiger charge is 2.17. The lowest BCUT2D eigenvalue weighted by atomic mass is 10.1. The standard InChI is InChI=1S/C12H13BrFNO3/c1-2-7(12(17)18)6-15-11(16)9-5-8(14)3-4-10(9)13/h3-5,7H,2,6H2,1H3,(H,15,16)(H,17,18). The SMILES string of the molecule is CCC(CNC(=O)c1cc(F)ccc1Br)C(=O)O. The fraction of sp³-hybridized carbons (Fsp3) is 0.333. The quantitative estimate of drug-likeness (QED) is 0.876. The zero-order chi connectivity index (χ0) is 13.7. The van der Waals surface area contributed by atoms with E-state index in [1.807, 2.05) is 0 Å². The first kappa shape index (κ1) is 14.6. The second-order valence-electron chi connectivity index (χ2n) is 3.78. The van der Waals surface area contributed by atoms with Gasteiger partial charge in [-0.2, -0.15) is 0 Å². The molecule has 0 fully saturated rings. The van der Waals surface area contributed by atoms with Gasteiger partial charge in [-0.05, 0) is 40.5 Å². The van der Waals surface area contributed by atoms with Crippen molar-refractivity contribution in [1.82, 2.24) is 5.32 Å². The van der Waals surface area contributed by atoms with E-state index in [-0.39, 0.29) is 12.1 Å². The van der Waals surface area contributed by atoms with E-state index < -0.39 is 23.6 Å². The third-order valence-corrected chi connectivity index (χ3v) is 3.22. The summed E-state index contributed by atoms with van der Waals surface area (Å²) in [5, 5.41) is 11.3. The molecule has 98 valence electrons. The van der Waals surface area contributed by atoms with E-state index in [4.69, 9.17) is 5.11 Å². The second kappa shape index (κ2) is 6.49. The Bertz CT molecular complexity index is 465. The zero-order valence-electron chi connectivity index (χ0n) is 9.74. The van der Waals surface area contributed by atoms with Crippen LogP contribution < -0.4 is 5.32 Å². The zero-order valence-corrected chi connectivity index (χ0v) is 11.3. The maximum atomic E-state index is 13.0. The average Bonchev–Trinajstić information content (AvgIpc) is 2.32. The van der Waals surface area contributed by atoms with Crippen LogP contribution in [0.2, 0.25) is 0 Å². The van der Waals surface area contributed by atoms with Gasteiger partial charge in [-0.1, -0.05) is 6.92 Å². The number of carbonyl (C=O) groups excluding carboxylic acids is 1. The molecule has 0 aliphatic carbocycles. The molecule has 1 unspecified atom stereocenters. The summed E-state index contributed by atoms with van der Waals surface area (Å²) >= 11 is 3.14. The highest BCUT2D eigenvalue weighted by Crippen LogP contribution is 2.17. The first-order chi connectivity index (χ1) is 8.45. The molecular weight excluding hydrogens is 305 g/mol. The van der Waals surface area contributed by atoms with Crippen molar-refractivity contribution in [2.45, 2.75) is 13.3 Å². The monoisotopic (exact) mass is 317 g/mol. The Balaban J connectivity index is 2.71. The molecule has 1 aromatic rings. The number of rotatable bonds is 5. The van der Waals surface area contributed by atoms with Gasteiger partial charge in [0.25, 0.3) is 5.91 Å². The molecule has 0 aromatic heterocycles. The second-order valence-corrected chi connectivity index (χ2v) is 4.63. The van der Waals surface area contributed by atoms with Crippen LogP contribution in [0.1, 0.15) is 23.7 Å². The van der Waals surface area contributed by atoms with Gasteiger partial charge in [-0.3, -0.25) is 9.59 Å². The van der Waals surface area contributed by atoms with Crippen LogP contribution >= 0.6 is 15.9 Å². The molecule has 1 atom stereocenters. The molecule has 0 heterocycles. The number of carboxylic acid groups (broad SMARTS) is 1. The van der Waals surface area contributed by atoms with Crippen molar-refractivity contribution in [1.29, 1.82) is 0 Å². The fourth-order valence-corrected chi connectivity index (χ4v) is 1.82. The normalized spacial score (nSPS) is 11.9. The van der Waals surface area contributed by atoms with Crippen molar-refractivity contribution in [2.75, 3.05) is 6.54 Å². The maximum absolute atomic E-state index is 13.0. The van der Waals surface area contributed by atoms with E-state index in [1.54, 1.807) is 6.92 Å². The molecule has 18 heavy (non-hydrogen) atoms. The van der Waals surface area contributed by atoms with Gasteiger partial charge >= 0.3 is 5.97 Å². The van der Waals surface area contributed by atoms with E-state index in [9.17, 15) is 14.0 Å². The Morgan fingerprint density at radius 3 is 2.72 bits per heavy atom. The van der Waals surface area contributed by atoms with E-state index in [0.717, 1.165) is 6.07 Å². The van der Waals surface area contributed by atoms with Crippen LogP contribution in [0.25, 0.3) is 0 Å². The molecule has 0 saturated heterocycles. The first-order valence-electron chi connectivity index (χ1n) is 5.41. The van der Waals surface area contributed by atoms with Crippen LogP contribution in [0.5, 0.6) is 0 Å². The molecule has 0 bridgehead atoms. The molecule has 0 aliphatic rings. The number of halogens is 2. The van der Waals surface area contributed by atoms with Gasteiger partial charge in [0.05, 0.1) is 11.5 Å². The fourth-order valence-electron chi connectivity index (χ4n) is 1.39. The van der Waals surface area contributed by atoms with Gasteiger partial charge in [0.1, 0.15) is 5.82 Å². The third kappa shape index (κ3) is 3.80. The highest BCUT2D eigenvalue weighted by atomic mass is 79.9. The van der Waals surface area contributed by atoms with Crippen molar-refractivity contribution in [3.63, 3.8) is 0 Å². The Hall–Kier alpha value is -1.43. The topological polar surface area (TPSA) is 66.4 Å². The summed E-state index contributed by atoms with van der Waals surface area (Å²) in [5.74, 6) is -2.62. The predicted octanol–water partition coefficient (Wildman–Crippen LogP) is 2.43. The number of carbonyl (C=O) groups is 2. The first-order valence-corrected chi connectivity index (χ1v) is 6.21. The van der Waals surface area contributed by atoms with Gasteiger partial charge in [-0.15, -0.1) is 0 Å². The lowest BCUT2D eigenvalue weighted by Gasteiger charge is -2.11. The molecule has 0 radical (unpaired) electrons. The number of benzene rings is 1. The smallest absolute Gasteiger partial charge is 0.308 e. The van der Waals surface area contributed by atoms with E-state index in [2.05, 4.69) is 21.2 Å². The van der Waals surface area contributed by atoms with E-state index in [0.29, 0.717) is 10.9 Å². The minimum absolute atomic E-state index is 0.0214. The lowest BCUT2D eigenvalue weighted by molar-refractivity contribution is -0.141. The molecule has 4 nitrogen and oxygen atoms in total. The minimum Gasteiger partial charge on any atom is -0.481 e. The van der Waals surface area contributed by atoms with Gasteiger partial charge in [0.15, 0.2) is 0 Å². The van der Waals surface area contributed by atoms with E-state index >= 15 is 0 Å². The van der Waals surface area contributed by atoms with Gasteiger partial charge in [0.2, 0.25) is 0 Å². The number of amides is 1. The highest BCUT2D eigenvalue weighted by molar-refractivity contribution is 9.10. The van der Waals surface area contributed by atoms with Gasteiger partial charge in [0, 0.05) is 11.0 Å². The van der Waals surface area contributed by atoms with Crippen LogP contribution in [-0.4, -0.2) is 23.5 Å². The number of hydrogen-bond donors (Lipinski definition) is 2. The molecule has 2 N–H and O–H groups in total. The van der Waals surface area contributed by atoms with Gasteiger partial charge in [-0.25, -0.2) is 4.39 Å². The summed E-state index contributed by atoms with van der Waals surface area (Å²) in [5.41, 5.74) is 0.148. The van der Waals surface area contributed by atoms with Crippen LogP contribution in [0.3, 0.4) is 0 Å². The summed E-state index contributed by atoms with van der Waals surface area (Å²) in [7, 11) is 0. The van der Waals surface area contributed by atoms with E-state index in [1.165, 1.54) is 12.1 Å². The largest absolute Gasteiger partial charge is 0.481 e. The van der Waals surface area contributed by atoms with Crippen LogP contribution in [0.15, 0.2) is 22.7 Å². The van der Waals surface area contributed by atoms with Crippen molar-refractivity contribution in [3.8, 4) is 0 Å². The van der Waals surface area contributed by atoms with Crippen molar-refractivity contribution in [3.05, 3.63) is 34.1 Å². The number of nitrogens with one attached hydrogen (secondary N) is 1. The Morgan fingerprint density at radius 1 is 1.50 bits per heavy atom. The molecule has 0 saturated carbocycles. The lowest BCUT2D eigenvalue weighted by Crippen LogP contribution is -2.32. The summed E-state index contributed by atoms with van der Waals surface area (Å²) in [6.07, 6.45) is 0.417. The van der Waals surface area contributed by atoms with Crippen molar-refractivity contribution < 1.29 is 19.1 Å². The third-order valence-electron chi connectivity index (χ3n) is 2.52. The Morgan fingerprint density at radius 2 is 2.17 bits per heavy atom. The van der Waals surface area contributed by atoms with Gasteiger partial charge < -0.3 is 10.4 Å². The summed E-state index contributed by atoms with van der Waals surface area (Å²) in [4.78, 5) is 22.5. The Labute approximate surface area is 112 Å². The van der Waals surface area contributed by atoms with Crippen molar-refractivity contribution >= 4 is 27.8 Å². The molecule has 0 aliphatic heterocycles. The number of aliphatic carboxylic acids is 1. The minimum atomic E-state index is -0.962. The van der Waals surface area contributed by atoms with Crippen LogP contribution in [0, 0.1) is 11.7 Å². The molecule has 6 heteroatoms. The summed E-state index contributed by atoms with van der Waals surface area (Å²) in [6, 6.07) is 3.76. The summed E-state index contributed by atoms with van der Waals surface area (Å²) < 4.78 is 13.5. The molecule has 0 spiro atoms. The number of carboxylic acids is 1. The van der Waals surface area contributed by atoms with Crippen molar-refractivity contribution in [2.24, 2.45) is 5.92 Å². The maximum Gasteiger partial charge on any atom is 0.308 e. The molecule has 1 aromatic carbocycles. The molecule has 1 amide bonds. The molecular formula is C12H13BrFNO3. The predicted molar refractivity (Wildman–Crippen MR) is 67.9 cm³/mol. The Kier molecular flexibility index (Phi) is 5.27. The molecule has 1 rings (SSSR count).